The number of aromatic nitrogens is 1. The van der Waals surface area contributed by atoms with Crippen molar-refractivity contribution in [1.82, 2.24) is 4.98 Å². The molecule has 4 rings (SSSR count). The molecule has 0 aliphatic carbocycles. The van der Waals surface area contributed by atoms with Gasteiger partial charge >= 0.3 is 5.69 Å². The van der Waals surface area contributed by atoms with E-state index in [4.69, 9.17) is 9.15 Å². The van der Waals surface area contributed by atoms with Crippen LogP contribution in [0, 0.1) is 10.1 Å². The minimum Gasteiger partial charge on any atom is -0.463 e. The molecule has 2 heterocycles. The Balaban J connectivity index is 1.74. The van der Waals surface area contributed by atoms with Gasteiger partial charge < -0.3 is 9.15 Å². The largest absolute Gasteiger partial charge is 0.463 e. The van der Waals surface area contributed by atoms with Gasteiger partial charge in [0, 0.05) is 18.3 Å². The van der Waals surface area contributed by atoms with Gasteiger partial charge in [0.15, 0.2) is 5.43 Å². The van der Waals surface area contributed by atoms with E-state index in [0.717, 1.165) is 5.56 Å². The number of hydrogen-bond acceptors (Lipinski definition) is 6. The lowest BCUT2D eigenvalue weighted by atomic mass is 10.1. The molecule has 7 nitrogen and oxygen atoms in total. The van der Waals surface area contributed by atoms with Crippen molar-refractivity contribution < 1.29 is 14.1 Å². The summed E-state index contributed by atoms with van der Waals surface area (Å²) in [6.45, 7) is 0. The molecule has 0 fully saturated rings. The summed E-state index contributed by atoms with van der Waals surface area (Å²) in [7, 11) is 0. The first kappa shape index (κ1) is 16.5. The van der Waals surface area contributed by atoms with Crippen LogP contribution in [-0.2, 0) is 0 Å². The van der Waals surface area contributed by atoms with Gasteiger partial charge in [-0.15, -0.1) is 0 Å². The molecule has 0 unspecified atom stereocenters. The fourth-order valence-electron chi connectivity index (χ4n) is 2.70. The minimum atomic E-state index is -0.574. The van der Waals surface area contributed by atoms with Crippen LogP contribution in [0.5, 0.6) is 11.6 Å². The summed E-state index contributed by atoms with van der Waals surface area (Å²) in [5.74, 6) is 0.144. The molecular weight excluding hydrogens is 348 g/mol. The average Bonchev–Trinajstić information content (AvgIpc) is 2.69. The number of hydrogen-bond donors (Lipinski definition) is 0. The highest BCUT2D eigenvalue weighted by Gasteiger charge is 2.17. The van der Waals surface area contributed by atoms with Crippen molar-refractivity contribution in [3.63, 3.8) is 0 Å². The van der Waals surface area contributed by atoms with Gasteiger partial charge in [0.05, 0.1) is 15.9 Å². The Bertz CT molecular complexity index is 1200. The Morgan fingerprint density at radius 2 is 1.85 bits per heavy atom. The Hall–Kier alpha value is -4.00. The van der Waals surface area contributed by atoms with E-state index in [1.54, 1.807) is 12.1 Å². The lowest BCUT2D eigenvalue weighted by Crippen LogP contribution is -2.04. The van der Waals surface area contributed by atoms with E-state index in [0.29, 0.717) is 16.5 Å². The third-order valence-corrected chi connectivity index (χ3v) is 3.99. The van der Waals surface area contributed by atoms with Crippen molar-refractivity contribution >= 4 is 16.7 Å². The van der Waals surface area contributed by atoms with Gasteiger partial charge in [-0.05, 0) is 23.8 Å². The third kappa shape index (κ3) is 3.13. The molecule has 2 aromatic carbocycles. The number of pyridine rings is 1. The molecule has 2 aromatic heterocycles. The second kappa shape index (κ2) is 6.72. The van der Waals surface area contributed by atoms with Crippen LogP contribution < -0.4 is 10.2 Å². The molecule has 132 valence electrons. The van der Waals surface area contributed by atoms with Crippen LogP contribution in [0.4, 0.5) is 5.69 Å². The quantitative estimate of drug-likeness (QED) is 0.391. The number of rotatable bonds is 4. The summed E-state index contributed by atoms with van der Waals surface area (Å²) in [6, 6.07) is 16.6. The molecule has 27 heavy (non-hydrogen) atoms. The van der Waals surface area contributed by atoms with Gasteiger partial charge in [0.25, 0.3) is 5.88 Å². The second-order valence-electron chi connectivity index (χ2n) is 5.69. The van der Waals surface area contributed by atoms with E-state index in [9.17, 15) is 14.9 Å². The summed E-state index contributed by atoms with van der Waals surface area (Å²) in [6.07, 6.45) is 2.79. The van der Waals surface area contributed by atoms with E-state index < -0.39 is 4.92 Å². The molecule has 0 bridgehead atoms. The summed E-state index contributed by atoms with van der Waals surface area (Å²) in [5, 5.41) is 11.5. The number of nitrogens with zero attached hydrogens (tertiary/aromatic N) is 2. The zero-order chi connectivity index (χ0) is 18.8. The first-order valence-electron chi connectivity index (χ1n) is 8.02. The van der Waals surface area contributed by atoms with Crippen LogP contribution >= 0.6 is 0 Å². The zero-order valence-corrected chi connectivity index (χ0v) is 13.9. The Morgan fingerprint density at radius 3 is 2.63 bits per heavy atom. The van der Waals surface area contributed by atoms with E-state index in [-0.39, 0.29) is 22.7 Å². The maximum atomic E-state index is 12.7. The fourth-order valence-corrected chi connectivity index (χ4v) is 2.70. The van der Waals surface area contributed by atoms with Crippen LogP contribution in [0.15, 0.2) is 82.3 Å². The van der Waals surface area contributed by atoms with E-state index in [1.807, 2.05) is 30.3 Å². The smallest absolute Gasteiger partial charge is 0.331 e. The predicted molar refractivity (Wildman–Crippen MR) is 98.9 cm³/mol. The summed E-state index contributed by atoms with van der Waals surface area (Å²) in [4.78, 5) is 27.1. The highest BCUT2D eigenvalue weighted by Crippen LogP contribution is 2.30. The van der Waals surface area contributed by atoms with Crippen molar-refractivity contribution in [3.8, 4) is 22.8 Å². The molecule has 0 atom stereocenters. The van der Waals surface area contributed by atoms with Crippen LogP contribution in [0.3, 0.4) is 0 Å². The SMILES string of the molecule is O=c1c(-c2ccccc2)coc2cc(Oc3ncccc3[N+](=O)[O-])ccc12. The molecule has 0 saturated carbocycles. The monoisotopic (exact) mass is 360 g/mol. The van der Waals surface area contributed by atoms with Crippen molar-refractivity contribution in [1.29, 1.82) is 0 Å². The van der Waals surface area contributed by atoms with Crippen molar-refractivity contribution in [3.05, 3.63) is 93.5 Å². The first-order valence-corrected chi connectivity index (χ1v) is 8.02. The van der Waals surface area contributed by atoms with Crippen LogP contribution in [0.1, 0.15) is 0 Å². The van der Waals surface area contributed by atoms with Crippen LogP contribution in [0.2, 0.25) is 0 Å². The molecule has 0 aliphatic rings. The number of benzene rings is 2. The van der Waals surface area contributed by atoms with Crippen LogP contribution in [-0.4, -0.2) is 9.91 Å². The van der Waals surface area contributed by atoms with Gasteiger partial charge in [-0.25, -0.2) is 4.98 Å². The summed E-state index contributed by atoms with van der Waals surface area (Å²) < 4.78 is 11.1. The lowest BCUT2D eigenvalue weighted by Gasteiger charge is -2.07. The lowest BCUT2D eigenvalue weighted by molar-refractivity contribution is -0.386. The molecule has 0 saturated heterocycles. The molecule has 0 N–H and O–H groups in total. The van der Waals surface area contributed by atoms with Crippen molar-refractivity contribution in [2.24, 2.45) is 0 Å². The van der Waals surface area contributed by atoms with Gasteiger partial charge in [0.1, 0.15) is 17.6 Å². The van der Waals surface area contributed by atoms with Crippen molar-refractivity contribution in [2.45, 2.75) is 0 Å². The number of ether oxygens (including phenoxy) is 1. The van der Waals surface area contributed by atoms with Crippen molar-refractivity contribution in [2.75, 3.05) is 0 Å². The fraction of sp³-hybridized carbons (Fsp3) is 0. The zero-order valence-electron chi connectivity index (χ0n) is 13.9. The Labute approximate surface area is 152 Å². The van der Waals surface area contributed by atoms with Gasteiger partial charge in [0.2, 0.25) is 0 Å². The summed E-state index contributed by atoms with van der Waals surface area (Å²) >= 11 is 0. The molecule has 0 spiro atoms. The Morgan fingerprint density at radius 1 is 1.04 bits per heavy atom. The van der Waals surface area contributed by atoms with E-state index in [2.05, 4.69) is 4.98 Å². The molecule has 0 amide bonds. The maximum absolute atomic E-state index is 12.7. The highest BCUT2D eigenvalue weighted by atomic mass is 16.6. The van der Waals surface area contributed by atoms with Gasteiger partial charge in [-0.3, -0.25) is 14.9 Å². The standard InChI is InChI=1S/C20H12N2O5/c23-19-15-9-8-14(27-20-17(22(24)25)7-4-10-21-20)11-18(15)26-12-16(19)13-5-2-1-3-6-13/h1-12H. The van der Waals surface area contributed by atoms with Gasteiger partial charge in [-0.2, -0.15) is 0 Å². The summed E-state index contributed by atoms with van der Waals surface area (Å²) in [5.41, 5.74) is 1.11. The average molecular weight is 360 g/mol. The Kier molecular flexibility index (Phi) is 4.10. The van der Waals surface area contributed by atoms with Crippen LogP contribution in [0.25, 0.3) is 22.1 Å². The normalized spacial score (nSPS) is 10.7. The molecule has 4 aromatic rings. The van der Waals surface area contributed by atoms with Gasteiger partial charge in [-0.1, -0.05) is 30.3 Å². The maximum Gasteiger partial charge on any atom is 0.331 e. The minimum absolute atomic E-state index is 0.134. The first-order chi connectivity index (χ1) is 13.1. The highest BCUT2D eigenvalue weighted by molar-refractivity contribution is 5.82. The van der Waals surface area contributed by atoms with E-state index >= 15 is 0 Å². The topological polar surface area (TPSA) is 95.5 Å². The second-order valence-corrected chi connectivity index (χ2v) is 5.69. The molecule has 0 radical (unpaired) electrons. The number of fused-ring (bicyclic) bond motifs is 1. The predicted octanol–water partition coefficient (Wildman–Crippen LogP) is 4.56. The third-order valence-electron chi connectivity index (χ3n) is 3.99. The molecular formula is C20H12N2O5. The molecule has 0 aliphatic heterocycles. The number of nitro groups is 1. The van der Waals surface area contributed by atoms with E-state index in [1.165, 1.54) is 30.7 Å². The molecule has 7 heteroatoms.